The zero-order valence-electron chi connectivity index (χ0n) is 14.4. The maximum atomic E-state index is 6.57. The fourth-order valence-corrected chi connectivity index (χ4v) is 4.50. The van der Waals surface area contributed by atoms with Crippen molar-refractivity contribution in [1.82, 2.24) is 4.57 Å². The smallest absolute Gasteiger partial charge is 0.0620 e. The molecule has 0 atom stereocenters. The predicted octanol–water partition coefficient (Wildman–Crippen LogP) is 7.87. The SMILES string of the molecule is Clc1ccccc1-c1cccc2c3ccccc3n(-c3ccccc3Br)c12. The standard InChI is InChI=1S/C24H15BrClN/c25-20-12-3-6-15-23(20)27-22-14-5-2-9-17(22)19-11-7-10-18(24(19)27)16-8-1-4-13-21(16)26/h1-15H. The number of benzene rings is 4. The molecule has 27 heavy (non-hydrogen) atoms. The van der Waals surface area contributed by atoms with Crippen LogP contribution in [0.25, 0.3) is 38.6 Å². The van der Waals surface area contributed by atoms with Crippen LogP contribution in [0, 0.1) is 0 Å². The zero-order valence-corrected chi connectivity index (χ0v) is 16.7. The second-order valence-electron chi connectivity index (χ2n) is 6.49. The first-order valence-corrected chi connectivity index (χ1v) is 9.95. The molecular formula is C24H15BrClN. The summed E-state index contributed by atoms with van der Waals surface area (Å²) in [6.07, 6.45) is 0. The van der Waals surface area contributed by atoms with Gasteiger partial charge in [-0.3, -0.25) is 0 Å². The highest BCUT2D eigenvalue weighted by Gasteiger charge is 2.18. The van der Waals surface area contributed by atoms with Crippen molar-refractivity contribution < 1.29 is 0 Å². The lowest BCUT2D eigenvalue weighted by molar-refractivity contribution is 1.17. The molecule has 4 aromatic carbocycles. The van der Waals surface area contributed by atoms with Crippen LogP contribution in [0.4, 0.5) is 0 Å². The van der Waals surface area contributed by atoms with Crippen LogP contribution < -0.4 is 0 Å². The maximum Gasteiger partial charge on any atom is 0.0620 e. The van der Waals surface area contributed by atoms with Gasteiger partial charge in [-0.25, -0.2) is 0 Å². The van der Waals surface area contributed by atoms with Gasteiger partial charge in [-0.05, 0) is 40.2 Å². The minimum Gasteiger partial charge on any atom is -0.307 e. The Kier molecular flexibility index (Phi) is 4.04. The maximum absolute atomic E-state index is 6.57. The van der Waals surface area contributed by atoms with E-state index in [0.29, 0.717) is 0 Å². The number of nitrogens with zero attached hydrogens (tertiary/aromatic N) is 1. The number of hydrogen-bond acceptors (Lipinski definition) is 0. The highest BCUT2D eigenvalue weighted by molar-refractivity contribution is 9.10. The summed E-state index contributed by atoms with van der Waals surface area (Å²) in [5.41, 5.74) is 5.63. The van der Waals surface area contributed by atoms with Gasteiger partial charge in [0.1, 0.15) is 0 Å². The molecule has 0 saturated heterocycles. The normalized spacial score (nSPS) is 11.3. The van der Waals surface area contributed by atoms with Gasteiger partial charge in [-0.15, -0.1) is 0 Å². The number of para-hydroxylation sites is 3. The van der Waals surface area contributed by atoms with Crippen LogP contribution in [-0.4, -0.2) is 4.57 Å². The van der Waals surface area contributed by atoms with Crippen molar-refractivity contribution in [2.75, 3.05) is 0 Å². The number of fused-ring (bicyclic) bond motifs is 3. The molecule has 5 rings (SSSR count). The number of hydrogen-bond donors (Lipinski definition) is 0. The van der Waals surface area contributed by atoms with Crippen molar-refractivity contribution in [3.05, 3.63) is 100 Å². The first-order chi connectivity index (χ1) is 13.3. The average molecular weight is 433 g/mol. The Bertz CT molecular complexity index is 1300. The first-order valence-electron chi connectivity index (χ1n) is 8.77. The van der Waals surface area contributed by atoms with E-state index in [4.69, 9.17) is 11.6 Å². The van der Waals surface area contributed by atoms with E-state index in [1.54, 1.807) is 0 Å². The Morgan fingerprint density at radius 2 is 1.30 bits per heavy atom. The summed E-state index contributed by atoms with van der Waals surface area (Å²) in [4.78, 5) is 0. The third-order valence-electron chi connectivity index (χ3n) is 4.95. The molecule has 3 heteroatoms. The molecule has 0 N–H and O–H groups in total. The van der Waals surface area contributed by atoms with Crippen molar-refractivity contribution in [2.24, 2.45) is 0 Å². The van der Waals surface area contributed by atoms with Crippen LogP contribution in [0.5, 0.6) is 0 Å². The Hall–Kier alpha value is -2.55. The second-order valence-corrected chi connectivity index (χ2v) is 7.75. The molecule has 0 unspecified atom stereocenters. The van der Waals surface area contributed by atoms with E-state index in [1.165, 1.54) is 21.8 Å². The molecule has 0 aliphatic rings. The van der Waals surface area contributed by atoms with Gasteiger partial charge in [0.2, 0.25) is 0 Å². The van der Waals surface area contributed by atoms with E-state index in [0.717, 1.165) is 26.3 Å². The molecule has 0 amide bonds. The number of rotatable bonds is 2. The minimum absolute atomic E-state index is 0.758. The molecule has 0 radical (unpaired) electrons. The van der Waals surface area contributed by atoms with E-state index < -0.39 is 0 Å². The fourth-order valence-electron chi connectivity index (χ4n) is 3.80. The van der Waals surface area contributed by atoms with Gasteiger partial charge in [0.05, 0.1) is 16.7 Å². The van der Waals surface area contributed by atoms with Gasteiger partial charge in [0, 0.05) is 31.4 Å². The lowest BCUT2D eigenvalue weighted by Gasteiger charge is -2.13. The summed E-state index contributed by atoms with van der Waals surface area (Å²) in [6.45, 7) is 0. The molecule has 0 fully saturated rings. The van der Waals surface area contributed by atoms with Crippen LogP contribution in [0.1, 0.15) is 0 Å². The zero-order chi connectivity index (χ0) is 18.4. The van der Waals surface area contributed by atoms with Gasteiger partial charge >= 0.3 is 0 Å². The van der Waals surface area contributed by atoms with Crippen LogP contribution in [0.2, 0.25) is 5.02 Å². The van der Waals surface area contributed by atoms with Gasteiger partial charge in [-0.2, -0.15) is 0 Å². The molecule has 0 bridgehead atoms. The van der Waals surface area contributed by atoms with Gasteiger partial charge < -0.3 is 4.57 Å². The van der Waals surface area contributed by atoms with Crippen molar-refractivity contribution in [3.63, 3.8) is 0 Å². The van der Waals surface area contributed by atoms with Gasteiger partial charge in [0.25, 0.3) is 0 Å². The monoisotopic (exact) mass is 431 g/mol. The number of halogens is 2. The highest BCUT2D eigenvalue weighted by Crippen LogP contribution is 2.40. The molecule has 0 saturated carbocycles. The molecule has 5 aromatic rings. The van der Waals surface area contributed by atoms with Gasteiger partial charge in [0.15, 0.2) is 0 Å². The second kappa shape index (κ2) is 6.56. The third kappa shape index (κ3) is 2.60. The molecule has 1 heterocycles. The lowest BCUT2D eigenvalue weighted by atomic mass is 10.0. The molecule has 0 aliphatic heterocycles. The van der Waals surface area contributed by atoms with Crippen LogP contribution >= 0.6 is 27.5 Å². The Morgan fingerprint density at radius 3 is 2.15 bits per heavy atom. The predicted molar refractivity (Wildman–Crippen MR) is 119 cm³/mol. The van der Waals surface area contributed by atoms with E-state index in [-0.39, 0.29) is 0 Å². The largest absolute Gasteiger partial charge is 0.307 e. The van der Waals surface area contributed by atoms with Crippen molar-refractivity contribution >= 4 is 49.3 Å². The summed E-state index contributed by atoms with van der Waals surface area (Å²) in [5, 5.41) is 3.21. The Labute approximate surface area is 170 Å². The van der Waals surface area contributed by atoms with Crippen LogP contribution in [0.3, 0.4) is 0 Å². The van der Waals surface area contributed by atoms with Crippen molar-refractivity contribution in [2.45, 2.75) is 0 Å². The van der Waals surface area contributed by atoms with E-state index >= 15 is 0 Å². The summed E-state index contributed by atoms with van der Waals surface area (Å²) in [7, 11) is 0. The summed E-state index contributed by atoms with van der Waals surface area (Å²) >= 11 is 10.3. The van der Waals surface area contributed by atoms with Crippen molar-refractivity contribution in [3.8, 4) is 16.8 Å². The molecular weight excluding hydrogens is 418 g/mol. The third-order valence-corrected chi connectivity index (χ3v) is 5.95. The fraction of sp³-hybridized carbons (Fsp3) is 0. The molecule has 1 nitrogen and oxygen atoms in total. The Morgan fingerprint density at radius 1 is 0.630 bits per heavy atom. The Balaban J connectivity index is 2.01. The molecule has 0 aliphatic carbocycles. The summed E-state index contributed by atoms with van der Waals surface area (Å²) in [6, 6.07) is 31.3. The van der Waals surface area contributed by atoms with Crippen LogP contribution in [0.15, 0.2) is 95.5 Å². The summed E-state index contributed by atoms with van der Waals surface area (Å²) < 4.78 is 3.38. The molecule has 0 spiro atoms. The lowest BCUT2D eigenvalue weighted by Crippen LogP contribution is -1.96. The van der Waals surface area contributed by atoms with Gasteiger partial charge in [-0.1, -0.05) is 78.3 Å². The quantitative estimate of drug-likeness (QED) is 0.267. The van der Waals surface area contributed by atoms with E-state index in [2.05, 4.69) is 87.2 Å². The number of aromatic nitrogens is 1. The topological polar surface area (TPSA) is 4.93 Å². The van der Waals surface area contributed by atoms with Crippen LogP contribution in [-0.2, 0) is 0 Å². The van der Waals surface area contributed by atoms with E-state index in [9.17, 15) is 0 Å². The van der Waals surface area contributed by atoms with E-state index in [1.807, 2.05) is 24.3 Å². The molecule has 130 valence electrons. The first kappa shape index (κ1) is 16.6. The van der Waals surface area contributed by atoms with Crippen molar-refractivity contribution in [1.29, 1.82) is 0 Å². The summed E-state index contributed by atoms with van der Waals surface area (Å²) in [5.74, 6) is 0. The minimum atomic E-state index is 0.758. The molecule has 1 aromatic heterocycles. The highest BCUT2D eigenvalue weighted by atomic mass is 79.9. The average Bonchev–Trinajstić information content (AvgIpc) is 3.04.